The molecule has 1 atom stereocenters. The number of rotatable bonds is 20. The monoisotopic (exact) mass is 1730 g/mol. The van der Waals surface area contributed by atoms with Gasteiger partial charge >= 0.3 is 18.5 Å². The Morgan fingerprint density at radius 1 is 0.411 bits per heavy atom. The van der Waals surface area contributed by atoms with Crippen LogP contribution in [0.25, 0.3) is 33.4 Å². The van der Waals surface area contributed by atoms with Gasteiger partial charge in [0.2, 0.25) is 0 Å². The van der Waals surface area contributed by atoms with E-state index in [0.29, 0.717) is 178 Å². The van der Waals surface area contributed by atoms with E-state index in [9.17, 15) is 53.9 Å². The average Bonchev–Trinajstić information content (AvgIpc) is 0.840. The summed E-state index contributed by atoms with van der Waals surface area (Å²) in [6.45, 7) is 25.4. The van der Waals surface area contributed by atoms with Crippen molar-refractivity contribution >= 4 is 51.8 Å². The molecule has 3 amide bonds. The summed E-state index contributed by atoms with van der Waals surface area (Å²) < 4.78 is 187. The highest BCUT2D eigenvalue weighted by atomic mass is 19.4. The van der Waals surface area contributed by atoms with Crippen molar-refractivity contribution in [3.8, 4) is 33.4 Å². The first-order chi connectivity index (χ1) is 59.2. The van der Waals surface area contributed by atoms with E-state index in [1.54, 1.807) is 24.7 Å². The van der Waals surface area contributed by atoms with Crippen LogP contribution in [0.15, 0.2) is 199 Å². The summed E-state index contributed by atoms with van der Waals surface area (Å²) in [5, 5.41) is 22.5. The minimum Gasteiger partial charge on any atom is -0.381 e. The van der Waals surface area contributed by atoms with Crippen molar-refractivity contribution in [1.82, 2.24) is 61.1 Å². The van der Waals surface area contributed by atoms with Crippen LogP contribution in [0.3, 0.4) is 0 Å². The highest BCUT2D eigenvalue weighted by Crippen LogP contribution is 2.43. The average molecular weight is 1730 g/mol. The first-order valence-electron chi connectivity index (χ1n) is 40.6. The van der Waals surface area contributed by atoms with Crippen LogP contribution in [0, 0.1) is 17.5 Å². The molecule has 36 heteroatoms. The summed E-state index contributed by atoms with van der Waals surface area (Å²) in [5.41, 5.74) is 1.33. The fourth-order valence-electron chi connectivity index (χ4n) is 15.3. The van der Waals surface area contributed by atoms with Gasteiger partial charge in [-0.15, -0.1) is 0 Å². The Bertz CT molecular complexity index is 5140. The van der Waals surface area contributed by atoms with Crippen LogP contribution < -0.4 is 57.2 Å². The SMILES string of the molecule is C=C1C=C(C(F)(F)F)C(C(=O)Nc2cc(-c3cncc(CN4CCOCC4)c3)c(F)cc2N2CCN(C)CC2)=CN1.C=C1C=C(C(F)(F)F)C(C(=O)Nc2cc(-c3cncc(CNC4CCOC4)c3)c(F)cc2N2CCN(C)CC2)=CN1.C=C1C=C(C(F)(F)F)C(C(=O)Nc2cc(-c3cncc(CNC4CCOCC4)c3)c(F)cc2N2CCN(C)CC2)=CN1. The number of allylic oxidation sites excluding steroid dienone is 3. The molecule has 8 N–H and O–H groups in total. The third kappa shape index (κ3) is 23.4. The number of aromatic nitrogens is 3. The first kappa shape index (κ1) is 90.5. The number of likely N-dealkylation sites (N-methyl/N-ethyl adjacent to an activating group) is 3. The fraction of sp³-hybridized carbons (Fsp3) is 0.386. The molecule has 124 heavy (non-hydrogen) atoms. The second-order valence-electron chi connectivity index (χ2n) is 31.5. The summed E-state index contributed by atoms with van der Waals surface area (Å²) in [6, 6.07) is 14.4. The lowest BCUT2D eigenvalue weighted by molar-refractivity contribution is -0.115. The molecule has 6 fully saturated rings. The van der Waals surface area contributed by atoms with Gasteiger partial charge in [0.25, 0.3) is 17.7 Å². The Morgan fingerprint density at radius 3 is 1.06 bits per heavy atom. The Labute approximate surface area is 710 Å². The zero-order chi connectivity index (χ0) is 88.2. The van der Waals surface area contributed by atoms with Gasteiger partial charge < -0.3 is 86.1 Å². The largest absolute Gasteiger partial charge is 0.417 e. The quantitative estimate of drug-likeness (QED) is 0.0332. The number of nitrogens with zero attached hydrogens (tertiary/aromatic N) is 10. The molecule has 3 aromatic carbocycles. The van der Waals surface area contributed by atoms with Crippen molar-refractivity contribution in [3.05, 3.63) is 233 Å². The Kier molecular flexibility index (Phi) is 29.3. The number of anilines is 6. The van der Waals surface area contributed by atoms with E-state index in [1.165, 1.54) is 55.0 Å². The molecule has 0 aliphatic carbocycles. The predicted molar refractivity (Wildman–Crippen MR) is 450 cm³/mol. The number of halogens is 12. The zero-order valence-electron chi connectivity index (χ0n) is 68.7. The lowest BCUT2D eigenvalue weighted by Gasteiger charge is -2.35. The number of ether oxygens (including phenoxy) is 3. The number of morpholine rings is 1. The molecular formula is C88H98F12N18O6. The van der Waals surface area contributed by atoms with Crippen molar-refractivity contribution in [2.45, 2.75) is 69.5 Å². The molecule has 9 aliphatic rings. The third-order valence-electron chi connectivity index (χ3n) is 22.4. The van der Waals surface area contributed by atoms with Gasteiger partial charge in [-0.2, -0.15) is 39.5 Å². The summed E-state index contributed by atoms with van der Waals surface area (Å²) in [6.07, 6.45) is 3.43. The van der Waals surface area contributed by atoms with E-state index < -0.39 is 87.1 Å². The number of benzene rings is 3. The van der Waals surface area contributed by atoms with Crippen LogP contribution in [0.5, 0.6) is 0 Å². The number of piperazine rings is 3. The molecule has 0 bridgehead atoms. The Balaban J connectivity index is 0.000000160. The number of alkyl halides is 9. The van der Waals surface area contributed by atoms with E-state index >= 15 is 13.2 Å². The summed E-state index contributed by atoms with van der Waals surface area (Å²) >= 11 is 0. The zero-order valence-corrected chi connectivity index (χ0v) is 68.7. The lowest BCUT2D eigenvalue weighted by atomic mass is 10.0. The number of amides is 3. The molecular weight excluding hydrogens is 1630 g/mol. The van der Waals surface area contributed by atoms with Gasteiger partial charge in [-0.05, 0) is 130 Å². The Morgan fingerprint density at radius 2 is 0.726 bits per heavy atom. The highest BCUT2D eigenvalue weighted by molar-refractivity contribution is 6.11. The van der Waals surface area contributed by atoms with Crippen LogP contribution in [-0.4, -0.2) is 235 Å². The normalized spacial score (nSPS) is 19.2. The molecule has 6 saturated heterocycles. The smallest absolute Gasteiger partial charge is 0.381 e. The van der Waals surface area contributed by atoms with Gasteiger partial charge in [-0.1, -0.05) is 19.7 Å². The van der Waals surface area contributed by atoms with E-state index in [0.717, 1.165) is 85.9 Å². The number of pyridine rings is 3. The van der Waals surface area contributed by atoms with Crippen molar-refractivity contribution < 1.29 is 81.3 Å². The minimum absolute atomic E-state index is 0.0124. The van der Waals surface area contributed by atoms with E-state index in [-0.39, 0.29) is 56.9 Å². The van der Waals surface area contributed by atoms with Crippen LogP contribution in [0.1, 0.15) is 36.0 Å². The van der Waals surface area contributed by atoms with Crippen molar-refractivity contribution in [1.29, 1.82) is 0 Å². The molecule has 3 aromatic heterocycles. The van der Waals surface area contributed by atoms with Crippen LogP contribution >= 0.6 is 0 Å². The van der Waals surface area contributed by atoms with Crippen LogP contribution in [-0.2, 0) is 48.2 Å². The van der Waals surface area contributed by atoms with Gasteiger partial charge in [0, 0.05) is 249 Å². The van der Waals surface area contributed by atoms with Gasteiger partial charge in [-0.25, -0.2) is 13.2 Å². The molecule has 9 aliphatic heterocycles. The first-order valence-corrected chi connectivity index (χ1v) is 40.6. The van der Waals surface area contributed by atoms with Crippen molar-refractivity contribution in [2.24, 2.45) is 0 Å². The molecule has 0 saturated carbocycles. The molecule has 0 spiro atoms. The standard InChI is InChI=1S/C30H34F4N6O2.2C29H32F4N6O2/c1-19-11-25(30(32,33)34)24(18-36-19)29(41)38-27-13-23(26(31)14-28(27)40-7-5-39(2)6-8-40)21-12-20(15-35-17-21)16-37-22-3-9-42-10-4-22;1-18-9-24(29(31,32)33)23(16-35-18)28(40)37-26-11-22(25(30)12-27(26)39-6-4-38(2)5-7-39)20-10-19(13-34-15-20)14-36-21-3-8-41-17-21;1-19-11-24(29(31,32)33)23(17-35-19)28(40)36-26-13-22(25(30)14-27(26)39-5-3-37(2)4-6-39)21-12-20(15-34-16-21)18-38-7-9-41-10-8-38/h11-15,17-18,22,36-37H,1,3-10,16H2,2H3,(H,38,41);9-13,15-16,21,35-36H,1,3-8,14,17H2,2H3,(H,37,40);11-17,35H,1,3-10,18H2,2H3,(H,36,40). The maximum atomic E-state index is 15.7. The van der Waals surface area contributed by atoms with E-state index in [4.69, 9.17) is 14.2 Å². The molecule has 1 unspecified atom stereocenters. The molecule has 12 heterocycles. The molecule has 0 radical (unpaired) electrons. The van der Waals surface area contributed by atoms with E-state index in [2.05, 4.69) is 96.8 Å². The number of carbonyl (C=O) groups excluding carboxylic acids is 3. The van der Waals surface area contributed by atoms with Crippen molar-refractivity contribution in [3.63, 3.8) is 0 Å². The van der Waals surface area contributed by atoms with Gasteiger partial charge in [0.05, 0.1) is 87.4 Å². The topological polar surface area (TPSA) is 236 Å². The van der Waals surface area contributed by atoms with Crippen LogP contribution in [0.4, 0.5) is 86.8 Å². The number of dihydropyridines is 3. The van der Waals surface area contributed by atoms with Gasteiger partial charge in [0.1, 0.15) is 17.5 Å². The van der Waals surface area contributed by atoms with Gasteiger partial charge in [0.15, 0.2) is 0 Å². The summed E-state index contributed by atoms with van der Waals surface area (Å²) in [4.78, 5) is 67.1. The summed E-state index contributed by atoms with van der Waals surface area (Å²) in [5.74, 6) is -4.49. The minimum atomic E-state index is -4.77. The summed E-state index contributed by atoms with van der Waals surface area (Å²) in [7, 11) is 5.92. The third-order valence-corrected chi connectivity index (χ3v) is 22.4. The number of hydrogen-bond acceptors (Lipinski definition) is 21. The highest BCUT2D eigenvalue weighted by Gasteiger charge is 2.43. The number of nitrogens with one attached hydrogen (secondary N) is 8. The van der Waals surface area contributed by atoms with Crippen LogP contribution in [0.2, 0.25) is 0 Å². The second kappa shape index (κ2) is 40.2. The van der Waals surface area contributed by atoms with E-state index in [1.807, 2.05) is 48.0 Å². The second-order valence-corrected chi connectivity index (χ2v) is 31.5. The molecule has 660 valence electrons. The maximum absolute atomic E-state index is 15.7. The molecule has 24 nitrogen and oxygen atoms in total. The maximum Gasteiger partial charge on any atom is 0.417 e. The number of carbonyl (C=O) groups is 3. The molecule has 15 rings (SSSR count). The van der Waals surface area contributed by atoms with Gasteiger partial charge in [-0.3, -0.25) is 34.2 Å². The predicted octanol–water partition coefficient (Wildman–Crippen LogP) is 12.2. The number of hydrogen-bond donors (Lipinski definition) is 8. The fourth-order valence-corrected chi connectivity index (χ4v) is 15.3. The molecule has 6 aromatic rings. The van der Waals surface area contributed by atoms with Crippen molar-refractivity contribution in [2.75, 3.05) is 183 Å². The lowest BCUT2D eigenvalue weighted by Crippen LogP contribution is -2.44. The Hall–Kier alpha value is -11.2.